The smallest absolute Gasteiger partial charge is 0.490 e. The third-order valence-electron chi connectivity index (χ3n) is 7.54. The van der Waals surface area contributed by atoms with E-state index >= 15 is 0 Å². The van der Waals surface area contributed by atoms with Crippen molar-refractivity contribution in [3.8, 4) is 11.5 Å². The van der Waals surface area contributed by atoms with Gasteiger partial charge in [-0.05, 0) is 85.3 Å². The minimum atomic E-state index is -5.08. The molecule has 2 N–H and O–H groups in total. The number of carbonyl (C=O) groups is 1. The van der Waals surface area contributed by atoms with E-state index in [1.165, 1.54) is 54.6 Å². The SMILES string of the molecule is O=C(O)C(F)(F)F.Oc1ccc2c(c1)CCN(Cc1ccccc1)C2Cc1ccc(OCCN2CCCCC2)cc1. The summed E-state index contributed by atoms with van der Waals surface area (Å²) >= 11 is 0. The van der Waals surface area contributed by atoms with E-state index in [-0.39, 0.29) is 6.04 Å². The molecular weight excluding hydrogens is 533 g/mol. The minimum absolute atomic E-state index is 0.287. The van der Waals surface area contributed by atoms with Crippen LogP contribution >= 0.6 is 0 Å². The number of hydrogen-bond acceptors (Lipinski definition) is 5. The van der Waals surface area contributed by atoms with Gasteiger partial charge >= 0.3 is 12.1 Å². The normalized spacial score (nSPS) is 17.7. The molecule has 0 amide bonds. The molecule has 0 bridgehead atoms. The second-order valence-corrected chi connectivity index (χ2v) is 10.5. The van der Waals surface area contributed by atoms with Crippen molar-refractivity contribution in [1.82, 2.24) is 9.80 Å². The van der Waals surface area contributed by atoms with E-state index < -0.39 is 12.1 Å². The van der Waals surface area contributed by atoms with Gasteiger partial charge in [0, 0.05) is 25.7 Å². The van der Waals surface area contributed by atoms with Crippen LogP contribution in [0.4, 0.5) is 13.2 Å². The average molecular weight is 571 g/mol. The van der Waals surface area contributed by atoms with Gasteiger partial charge in [-0.2, -0.15) is 13.2 Å². The van der Waals surface area contributed by atoms with Crippen molar-refractivity contribution in [1.29, 1.82) is 0 Å². The Kier molecular flexibility index (Phi) is 10.7. The van der Waals surface area contributed by atoms with Gasteiger partial charge in [0.1, 0.15) is 18.1 Å². The monoisotopic (exact) mass is 570 g/mol. The molecule has 3 aromatic carbocycles. The van der Waals surface area contributed by atoms with Gasteiger partial charge in [0.2, 0.25) is 0 Å². The van der Waals surface area contributed by atoms with Crippen molar-refractivity contribution >= 4 is 5.97 Å². The highest BCUT2D eigenvalue weighted by atomic mass is 19.4. The second-order valence-electron chi connectivity index (χ2n) is 10.5. The van der Waals surface area contributed by atoms with Crippen molar-refractivity contribution < 1.29 is 32.9 Å². The molecule has 1 saturated heterocycles. The number of alkyl halides is 3. The molecule has 3 aromatic rings. The van der Waals surface area contributed by atoms with Crippen LogP contribution in [-0.2, 0) is 24.2 Å². The van der Waals surface area contributed by atoms with Gasteiger partial charge in [0.05, 0.1) is 0 Å². The largest absolute Gasteiger partial charge is 0.508 e. The van der Waals surface area contributed by atoms with Crippen LogP contribution in [0.1, 0.15) is 47.6 Å². The van der Waals surface area contributed by atoms with Crippen LogP contribution in [-0.4, -0.2) is 64.9 Å². The van der Waals surface area contributed by atoms with E-state index in [1.807, 2.05) is 12.1 Å². The number of halogens is 3. The van der Waals surface area contributed by atoms with Gasteiger partial charge in [-0.15, -0.1) is 0 Å². The fourth-order valence-electron chi connectivity index (χ4n) is 5.42. The summed E-state index contributed by atoms with van der Waals surface area (Å²) in [5, 5.41) is 17.1. The predicted molar refractivity (Wildman–Crippen MR) is 151 cm³/mol. The van der Waals surface area contributed by atoms with E-state index in [4.69, 9.17) is 14.6 Å². The highest BCUT2D eigenvalue weighted by Gasteiger charge is 2.38. The molecule has 220 valence electrons. The number of ether oxygens (including phenoxy) is 1. The number of hydrogen-bond donors (Lipinski definition) is 2. The standard InChI is InChI=1S/C30H36N2O2.C2HF3O2/c33-27-11-14-29-26(22-27)15-18-32(23-25-7-3-1-4-8-25)30(29)21-24-9-12-28(13-10-24)34-20-19-31-16-5-2-6-17-31;3-2(4,5)1(6)7/h1,3-4,7-14,22,30,33H,2,5-6,15-21,23H2;(H,6,7). The summed E-state index contributed by atoms with van der Waals surface area (Å²) in [7, 11) is 0. The molecule has 0 aliphatic carbocycles. The molecule has 1 unspecified atom stereocenters. The topological polar surface area (TPSA) is 73.2 Å². The second kappa shape index (κ2) is 14.4. The number of carboxylic acids is 1. The van der Waals surface area contributed by atoms with Crippen molar-refractivity contribution in [2.24, 2.45) is 0 Å². The van der Waals surface area contributed by atoms with E-state index in [1.54, 1.807) is 0 Å². The van der Waals surface area contributed by atoms with Crippen molar-refractivity contribution in [2.45, 2.75) is 50.9 Å². The molecule has 41 heavy (non-hydrogen) atoms. The van der Waals surface area contributed by atoms with Gasteiger partial charge in [-0.25, -0.2) is 4.79 Å². The third kappa shape index (κ3) is 9.23. The molecule has 5 rings (SSSR count). The Bertz CT molecular complexity index is 1250. The number of nitrogens with zero attached hydrogens (tertiary/aromatic N) is 2. The van der Waals surface area contributed by atoms with Gasteiger partial charge < -0.3 is 14.9 Å². The van der Waals surface area contributed by atoms with Crippen LogP contribution < -0.4 is 4.74 Å². The maximum atomic E-state index is 10.6. The lowest BCUT2D eigenvalue weighted by Crippen LogP contribution is -2.36. The van der Waals surface area contributed by atoms with Crippen molar-refractivity contribution in [2.75, 3.05) is 32.8 Å². The molecule has 9 heteroatoms. The molecule has 1 atom stereocenters. The van der Waals surface area contributed by atoms with E-state index in [9.17, 15) is 18.3 Å². The van der Waals surface area contributed by atoms with E-state index in [0.29, 0.717) is 5.75 Å². The first kappa shape index (κ1) is 30.4. The Morgan fingerprint density at radius 3 is 2.24 bits per heavy atom. The number of benzene rings is 3. The molecule has 6 nitrogen and oxygen atoms in total. The summed E-state index contributed by atoms with van der Waals surface area (Å²) in [6, 6.07) is 25.6. The van der Waals surface area contributed by atoms with Crippen molar-refractivity contribution in [3.63, 3.8) is 0 Å². The van der Waals surface area contributed by atoms with Crippen LogP contribution in [0.15, 0.2) is 72.8 Å². The number of rotatable bonds is 8. The fourth-order valence-corrected chi connectivity index (χ4v) is 5.42. The number of phenolic OH excluding ortho intramolecular Hbond substituents is 1. The van der Waals surface area contributed by atoms with Crippen LogP contribution in [0, 0.1) is 0 Å². The fraction of sp³-hybridized carbons (Fsp3) is 0.406. The van der Waals surface area contributed by atoms with Gasteiger partial charge in [-0.3, -0.25) is 9.80 Å². The Labute approximate surface area is 239 Å². The molecule has 1 fully saturated rings. The summed E-state index contributed by atoms with van der Waals surface area (Å²) in [5.41, 5.74) is 5.26. The third-order valence-corrected chi connectivity index (χ3v) is 7.54. The number of aliphatic carboxylic acids is 1. The first-order valence-electron chi connectivity index (χ1n) is 14.0. The van der Waals surface area contributed by atoms with Gasteiger partial charge in [0.15, 0.2) is 0 Å². The lowest BCUT2D eigenvalue weighted by Gasteiger charge is -2.38. The quantitative estimate of drug-likeness (QED) is 0.335. The Morgan fingerprint density at radius 1 is 0.902 bits per heavy atom. The lowest BCUT2D eigenvalue weighted by atomic mass is 9.88. The minimum Gasteiger partial charge on any atom is -0.508 e. The number of piperidine rings is 1. The zero-order chi connectivity index (χ0) is 29.2. The highest BCUT2D eigenvalue weighted by molar-refractivity contribution is 5.73. The van der Waals surface area contributed by atoms with Gasteiger partial charge in [-0.1, -0.05) is 55.0 Å². The van der Waals surface area contributed by atoms with E-state index in [0.717, 1.165) is 44.8 Å². The summed E-state index contributed by atoms with van der Waals surface area (Å²) in [4.78, 5) is 14.0. The molecular formula is C32H37F3N2O4. The molecule has 0 spiro atoms. The number of phenols is 1. The first-order valence-corrected chi connectivity index (χ1v) is 14.0. The van der Waals surface area contributed by atoms with Crippen LogP contribution in [0.3, 0.4) is 0 Å². The molecule has 0 radical (unpaired) electrons. The summed E-state index contributed by atoms with van der Waals surface area (Å²) in [6.45, 7) is 6.12. The zero-order valence-corrected chi connectivity index (χ0v) is 23.0. The predicted octanol–water partition coefficient (Wildman–Crippen LogP) is 6.23. The summed E-state index contributed by atoms with van der Waals surface area (Å²) in [6.07, 6.45) is 0.837. The van der Waals surface area contributed by atoms with Crippen LogP contribution in [0.2, 0.25) is 0 Å². The first-order chi connectivity index (χ1) is 19.7. The molecule has 0 saturated carbocycles. The maximum absolute atomic E-state index is 10.6. The zero-order valence-electron chi connectivity index (χ0n) is 23.0. The number of aromatic hydroxyl groups is 1. The Morgan fingerprint density at radius 2 is 1.59 bits per heavy atom. The van der Waals surface area contributed by atoms with Crippen LogP contribution in [0.5, 0.6) is 11.5 Å². The van der Waals surface area contributed by atoms with Crippen LogP contribution in [0.25, 0.3) is 0 Å². The summed E-state index contributed by atoms with van der Waals surface area (Å²) < 4.78 is 37.8. The lowest BCUT2D eigenvalue weighted by molar-refractivity contribution is -0.192. The molecule has 2 aliphatic rings. The van der Waals surface area contributed by atoms with Crippen molar-refractivity contribution in [3.05, 3.63) is 95.1 Å². The van der Waals surface area contributed by atoms with Gasteiger partial charge in [0.25, 0.3) is 0 Å². The maximum Gasteiger partial charge on any atom is 0.490 e. The summed E-state index contributed by atoms with van der Waals surface area (Å²) in [5.74, 6) is -1.44. The van der Waals surface area contributed by atoms with E-state index in [2.05, 4.69) is 70.5 Å². The number of fused-ring (bicyclic) bond motifs is 1. The molecule has 2 aliphatic heterocycles. The highest BCUT2D eigenvalue weighted by Crippen LogP contribution is 2.35. The average Bonchev–Trinajstić information content (AvgIpc) is 2.96. The Balaban J connectivity index is 0.000000493. The number of carboxylic acid groups (broad SMARTS) is 1. The molecule has 0 aromatic heterocycles. The molecule has 2 heterocycles. The number of likely N-dealkylation sites (tertiary alicyclic amines) is 1. The Hall–Kier alpha value is -3.56.